The fourth-order valence-corrected chi connectivity index (χ4v) is 2.96. The highest BCUT2D eigenvalue weighted by Gasteiger charge is 2.11. The molecule has 104 valence electrons. The van der Waals surface area contributed by atoms with E-state index in [1.54, 1.807) is 0 Å². The monoisotopic (exact) mass is 351 g/mol. The van der Waals surface area contributed by atoms with Gasteiger partial charge in [-0.25, -0.2) is 0 Å². The maximum Gasteiger partial charge on any atom is 0.224 e. The Morgan fingerprint density at radius 3 is 2.65 bits per heavy atom. The average Bonchev–Trinajstić information content (AvgIpc) is 2.83. The van der Waals surface area contributed by atoms with E-state index in [1.165, 1.54) is 11.3 Å². The van der Waals surface area contributed by atoms with Gasteiger partial charge in [-0.2, -0.15) is 0 Å². The Bertz CT molecular complexity index is 636. The predicted molar refractivity (Wildman–Crippen MR) is 85.4 cm³/mol. The standard InChI is InChI=1S/C15H14BrNO2S/c1-10-5-7-14(20-10)13(18)6-8-15(19)17-12-4-2-3-11(16)9-12/h2-5,7,9H,6,8H2,1H3,(H,17,19). The van der Waals surface area contributed by atoms with E-state index < -0.39 is 0 Å². The molecule has 0 saturated carbocycles. The zero-order valence-corrected chi connectivity index (χ0v) is 13.4. The molecule has 1 amide bonds. The van der Waals surface area contributed by atoms with Crippen LogP contribution >= 0.6 is 27.3 Å². The van der Waals surface area contributed by atoms with Crippen molar-refractivity contribution in [3.05, 3.63) is 50.6 Å². The number of halogens is 1. The van der Waals surface area contributed by atoms with Gasteiger partial charge in [-0.05, 0) is 37.3 Å². The molecular weight excluding hydrogens is 338 g/mol. The van der Waals surface area contributed by atoms with E-state index in [9.17, 15) is 9.59 Å². The fourth-order valence-electron chi connectivity index (χ4n) is 1.72. The number of thiophene rings is 1. The molecule has 1 aromatic heterocycles. The van der Waals surface area contributed by atoms with Crippen LogP contribution in [0.2, 0.25) is 0 Å². The van der Waals surface area contributed by atoms with Crippen LogP contribution in [-0.2, 0) is 4.79 Å². The van der Waals surface area contributed by atoms with Crippen LogP contribution < -0.4 is 5.32 Å². The van der Waals surface area contributed by atoms with E-state index in [0.29, 0.717) is 0 Å². The van der Waals surface area contributed by atoms with Gasteiger partial charge in [-0.15, -0.1) is 11.3 Å². The number of ketones is 1. The summed E-state index contributed by atoms with van der Waals surface area (Å²) in [6, 6.07) is 11.1. The summed E-state index contributed by atoms with van der Waals surface area (Å²) >= 11 is 4.81. The van der Waals surface area contributed by atoms with Crippen molar-refractivity contribution in [2.45, 2.75) is 19.8 Å². The van der Waals surface area contributed by atoms with Crippen LogP contribution in [0.1, 0.15) is 27.4 Å². The second-order valence-electron chi connectivity index (χ2n) is 4.39. The maximum atomic E-state index is 11.9. The second kappa shape index (κ2) is 6.81. The first-order chi connectivity index (χ1) is 9.54. The lowest BCUT2D eigenvalue weighted by atomic mass is 10.2. The van der Waals surface area contributed by atoms with Crippen LogP contribution in [0, 0.1) is 6.92 Å². The van der Waals surface area contributed by atoms with Crippen LogP contribution in [-0.4, -0.2) is 11.7 Å². The molecule has 0 unspecified atom stereocenters. The Labute approximate surface area is 130 Å². The van der Waals surface area contributed by atoms with Gasteiger partial charge in [-0.3, -0.25) is 9.59 Å². The highest BCUT2D eigenvalue weighted by molar-refractivity contribution is 9.10. The van der Waals surface area contributed by atoms with Gasteiger partial charge in [-0.1, -0.05) is 22.0 Å². The van der Waals surface area contributed by atoms with Crippen molar-refractivity contribution >= 4 is 44.6 Å². The van der Waals surface area contributed by atoms with E-state index in [0.717, 1.165) is 19.9 Å². The maximum absolute atomic E-state index is 11.9. The normalized spacial score (nSPS) is 10.3. The fraction of sp³-hybridized carbons (Fsp3) is 0.200. The minimum atomic E-state index is -0.148. The number of aryl methyl sites for hydroxylation is 1. The molecule has 0 aliphatic heterocycles. The van der Waals surface area contributed by atoms with Crippen molar-refractivity contribution in [2.75, 3.05) is 5.32 Å². The van der Waals surface area contributed by atoms with Crippen LogP contribution in [0.15, 0.2) is 40.9 Å². The molecule has 1 N–H and O–H groups in total. The van der Waals surface area contributed by atoms with Crippen molar-refractivity contribution < 1.29 is 9.59 Å². The van der Waals surface area contributed by atoms with Crippen molar-refractivity contribution in [3.63, 3.8) is 0 Å². The molecule has 0 spiro atoms. The first-order valence-electron chi connectivity index (χ1n) is 6.19. The van der Waals surface area contributed by atoms with Gasteiger partial charge in [0.05, 0.1) is 4.88 Å². The molecule has 0 bridgehead atoms. The van der Waals surface area contributed by atoms with Crippen LogP contribution in [0.5, 0.6) is 0 Å². The third-order valence-electron chi connectivity index (χ3n) is 2.70. The number of carbonyl (C=O) groups excluding carboxylic acids is 2. The first-order valence-corrected chi connectivity index (χ1v) is 7.80. The SMILES string of the molecule is Cc1ccc(C(=O)CCC(=O)Nc2cccc(Br)c2)s1. The summed E-state index contributed by atoms with van der Waals surface area (Å²) in [5.74, 6) is -0.128. The van der Waals surface area contributed by atoms with Gasteiger partial charge in [0.2, 0.25) is 5.91 Å². The molecule has 1 heterocycles. The third kappa shape index (κ3) is 4.28. The van der Waals surface area contributed by atoms with E-state index in [-0.39, 0.29) is 24.5 Å². The average molecular weight is 352 g/mol. The van der Waals surface area contributed by atoms with E-state index in [1.807, 2.05) is 43.3 Å². The lowest BCUT2D eigenvalue weighted by Crippen LogP contribution is -2.13. The van der Waals surface area contributed by atoms with Crippen molar-refractivity contribution in [1.82, 2.24) is 0 Å². The molecular formula is C15H14BrNO2S. The van der Waals surface area contributed by atoms with Gasteiger partial charge in [0.25, 0.3) is 0 Å². The van der Waals surface area contributed by atoms with Crippen LogP contribution in [0.4, 0.5) is 5.69 Å². The minimum absolute atomic E-state index is 0.0208. The van der Waals surface area contributed by atoms with Gasteiger partial charge in [0.1, 0.15) is 0 Å². The van der Waals surface area contributed by atoms with Gasteiger partial charge in [0, 0.05) is 27.9 Å². The number of carbonyl (C=O) groups is 2. The number of amides is 1. The number of hydrogen-bond acceptors (Lipinski definition) is 3. The molecule has 2 aromatic rings. The molecule has 3 nitrogen and oxygen atoms in total. The molecule has 0 aliphatic carbocycles. The Hall–Kier alpha value is -1.46. The van der Waals surface area contributed by atoms with E-state index >= 15 is 0 Å². The first kappa shape index (κ1) is 14.9. The van der Waals surface area contributed by atoms with Crippen molar-refractivity contribution in [1.29, 1.82) is 0 Å². The molecule has 0 atom stereocenters. The van der Waals surface area contributed by atoms with E-state index in [4.69, 9.17) is 0 Å². The van der Waals surface area contributed by atoms with Crippen molar-refractivity contribution in [3.8, 4) is 0 Å². The number of benzene rings is 1. The Morgan fingerprint density at radius 2 is 2.00 bits per heavy atom. The Balaban J connectivity index is 1.85. The molecule has 2 rings (SSSR count). The molecule has 5 heteroatoms. The number of anilines is 1. The molecule has 20 heavy (non-hydrogen) atoms. The second-order valence-corrected chi connectivity index (χ2v) is 6.60. The van der Waals surface area contributed by atoms with Crippen LogP contribution in [0.3, 0.4) is 0 Å². The van der Waals surface area contributed by atoms with E-state index in [2.05, 4.69) is 21.2 Å². The zero-order chi connectivity index (χ0) is 14.5. The third-order valence-corrected chi connectivity index (χ3v) is 4.24. The molecule has 0 fully saturated rings. The lowest BCUT2D eigenvalue weighted by molar-refractivity contribution is -0.116. The van der Waals surface area contributed by atoms with Gasteiger partial charge >= 0.3 is 0 Å². The summed E-state index contributed by atoms with van der Waals surface area (Å²) < 4.78 is 0.903. The minimum Gasteiger partial charge on any atom is -0.326 e. The van der Waals surface area contributed by atoms with Crippen molar-refractivity contribution in [2.24, 2.45) is 0 Å². The summed E-state index contributed by atoms with van der Waals surface area (Å²) in [6.45, 7) is 1.96. The number of hydrogen-bond donors (Lipinski definition) is 1. The number of nitrogens with one attached hydrogen (secondary N) is 1. The summed E-state index contributed by atoms with van der Waals surface area (Å²) in [7, 11) is 0. The lowest BCUT2D eigenvalue weighted by Gasteiger charge is -2.04. The number of rotatable bonds is 5. The largest absolute Gasteiger partial charge is 0.326 e. The summed E-state index contributed by atoms with van der Waals surface area (Å²) in [4.78, 5) is 25.5. The summed E-state index contributed by atoms with van der Waals surface area (Å²) in [5.41, 5.74) is 0.726. The van der Waals surface area contributed by atoms with Gasteiger partial charge < -0.3 is 5.32 Å². The number of Topliss-reactive ketones (excluding diaryl/α,β-unsaturated/α-hetero) is 1. The molecule has 1 aromatic carbocycles. The molecule has 0 saturated heterocycles. The quantitative estimate of drug-likeness (QED) is 0.810. The molecule has 0 aliphatic rings. The summed E-state index contributed by atoms with van der Waals surface area (Å²) in [6.07, 6.45) is 0.433. The Kier molecular flexibility index (Phi) is 5.09. The summed E-state index contributed by atoms with van der Waals surface area (Å²) in [5, 5.41) is 2.78. The molecule has 0 radical (unpaired) electrons. The zero-order valence-electron chi connectivity index (χ0n) is 11.0. The topological polar surface area (TPSA) is 46.2 Å². The highest BCUT2D eigenvalue weighted by Crippen LogP contribution is 2.18. The van der Waals surface area contributed by atoms with Crippen LogP contribution in [0.25, 0.3) is 0 Å². The van der Waals surface area contributed by atoms with Gasteiger partial charge in [0.15, 0.2) is 5.78 Å². The Morgan fingerprint density at radius 1 is 1.20 bits per heavy atom. The highest BCUT2D eigenvalue weighted by atomic mass is 79.9. The smallest absolute Gasteiger partial charge is 0.224 e. The predicted octanol–water partition coefficient (Wildman–Crippen LogP) is 4.42.